The van der Waals surface area contributed by atoms with E-state index in [-0.39, 0.29) is 24.0 Å². The molecule has 2 aromatic carbocycles. The quantitative estimate of drug-likeness (QED) is 0.727. The SMILES string of the molecule is N#Cc1ccc(CC(=O)CCc2ccc3c(c2)CN(C2CCC(=O)NC2=O)C3=O)cc1. The summed E-state index contributed by atoms with van der Waals surface area (Å²) in [6.45, 7) is 0.327. The number of hydrogen-bond donors (Lipinski definition) is 1. The first kappa shape index (κ1) is 20.5. The van der Waals surface area contributed by atoms with Gasteiger partial charge in [-0.25, -0.2) is 0 Å². The number of carbonyl (C=O) groups excluding carboxylic acids is 4. The summed E-state index contributed by atoms with van der Waals surface area (Å²) in [5.41, 5.74) is 3.81. The fourth-order valence-electron chi connectivity index (χ4n) is 4.08. The molecule has 1 N–H and O–H groups in total. The summed E-state index contributed by atoms with van der Waals surface area (Å²) in [5.74, 6) is -0.830. The molecule has 3 amide bonds. The van der Waals surface area contributed by atoms with Gasteiger partial charge in [-0.2, -0.15) is 5.26 Å². The largest absolute Gasteiger partial charge is 0.322 e. The highest BCUT2D eigenvalue weighted by molar-refractivity contribution is 6.05. The first-order valence-electron chi connectivity index (χ1n) is 10.2. The van der Waals surface area contributed by atoms with Crippen molar-refractivity contribution < 1.29 is 19.2 Å². The summed E-state index contributed by atoms with van der Waals surface area (Å²) >= 11 is 0. The molecule has 0 bridgehead atoms. The van der Waals surface area contributed by atoms with Crippen molar-refractivity contribution in [3.63, 3.8) is 0 Å². The molecule has 156 valence electrons. The Morgan fingerprint density at radius 3 is 2.55 bits per heavy atom. The first-order chi connectivity index (χ1) is 14.9. The number of rotatable bonds is 6. The monoisotopic (exact) mass is 415 g/mol. The third kappa shape index (κ3) is 4.38. The van der Waals surface area contributed by atoms with Crippen molar-refractivity contribution in [3.05, 3.63) is 70.3 Å². The standard InChI is InChI=1S/C24H21N3O4/c25-13-17-3-1-16(2-4-17)12-19(28)7-5-15-6-8-20-18(11-15)14-27(24(20)31)21-9-10-22(29)26-23(21)30/h1-4,6,8,11,21H,5,7,9-10,12,14H2,(H,26,29,30). The maximum absolute atomic E-state index is 12.7. The molecule has 2 aromatic rings. The van der Waals surface area contributed by atoms with Gasteiger partial charge in [-0.15, -0.1) is 0 Å². The molecular weight excluding hydrogens is 394 g/mol. The number of nitrogens with zero attached hydrogens (tertiary/aromatic N) is 2. The van der Waals surface area contributed by atoms with Crippen LogP contribution < -0.4 is 5.32 Å². The van der Waals surface area contributed by atoms with E-state index in [0.717, 1.165) is 16.7 Å². The van der Waals surface area contributed by atoms with Gasteiger partial charge in [0.2, 0.25) is 11.8 Å². The molecule has 1 fully saturated rings. The highest BCUT2D eigenvalue weighted by atomic mass is 16.2. The summed E-state index contributed by atoms with van der Waals surface area (Å²) in [4.78, 5) is 50.1. The van der Waals surface area contributed by atoms with Crippen molar-refractivity contribution in [2.45, 2.75) is 44.7 Å². The van der Waals surface area contributed by atoms with Crippen LogP contribution in [0.3, 0.4) is 0 Å². The molecule has 0 saturated carbocycles. The summed E-state index contributed by atoms with van der Waals surface area (Å²) in [6.07, 6.45) is 1.82. The molecule has 0 spiro atoms. The number of piperidine rings is 1. The molecule has 1 unspecified atom stereocenters. The van der Waals surface area contributed by atoms with Gasteiger partial charge < -0.3 is 4.90 Å². The zero-order valence-corrected chi connectivity index (χ0v) is 16.9. The zero-order chi connectivity index (χ0) is 22.0. The second-order valence-electron chi connectivity index (χ2n) is 7.92. The molecule has 4 rings (SSSR count). The second-order valence-corrected chi connectivity index (χ2v) is 7.92. The van der Waals surface area contributed by atoms with Gasteiger partial charge in [-0.1, -0.05) is 24.3 Å². The minimum Gasteiger partial charge on any atom is -0.322 e. The van der Waals surface area contributed by atoms with Gasteiger partial charge >= 0.3 is 0 Å². The Labute approximate surface area is 179 Å². The molecule has 1 atom stereocenters. The number of Topliss-reactive ketones (excluding diaryl/α,β-unsaturated/α-hetero) is 1. The van der Waals surface area contributed by atoms with Crippen LogP contribution in [0.25, 0.3) is 0 Å². The predicted molar refractivity (Wildman–Crippen MR) is 111 cm³/mol. The molecule has 1 saturated heterocycles. The number of amides is 3. The number of ketones is 1. The molecule has 2 aliphatic rings. The van der Waals surface area contributed by atoms with Crippen molar-refractivity contribution in [1.82, 2.24) is 10.2 Å². The van der Waals surface area contributed by atoms with Crippen LogP contribution in [-0.4, -0.2) is 34.4 Å². The van der Waals surface area contributed by atoms with E-state index < -0.39 is 11.9 Å². The summed E-state index contributed by atoms with van der Waals surface area (Å²) in [5, 5.41) is 11.1. The van der Waals surface area contributed by atoms with E-state index in [1.807, 2.05) is 12.1 Å². The van der Waals surface area contributed by atoms with Gasteiger partial charge in [0.1, 0.15) is 11.8 Å². The maximum Gasteiger partial charge on any atom is 0.255 e. The number of aryl methyl sites for hydroxylation is 1. The van der Waals surface area contributed by atoms with Gasteiger partial charge in [-0.3, -0.25) is 24.5 Å². The third-order valence-corrected chi connectivity index (χ3v) is 5.76. The van der Waals surface area contributed by atoms with Crippen LogP contribution in [0.2, 0.25) is 0 Å². The van der Waals surface area contributed by atoms with E-state index in [4.69, 9.17) is 5.26 Å². The predicted octanol–water partition coefficient (Wildman–Crippen LogP) is 2.06. The van der Waals surface area contributed by atoms with Crippen molar-refractivity contribution in [3.8, 4) is 6.07 Å². The van der Waals surface area contributed by atoms with Crippen molar-refractivity contribution in [2.24, 2.45) is 0 Å². The summed E-state index contributed by atoms with van der Waals surface area (Å²) < 4.78 is 0. The molecule has 0 aliphatic carbocycles. The Balaban J connectivity index is 1.37. The Morgan fingerprint density at radius 2 is 1.84 bits per heavy atom. The average Bonchev–Trinajstić information content (AvgIpc) is 3.08. The van der Waals surface area contributed by atoms with E-state index in [1.165, 1.54) is 4.90 Å². The molecule has 7 heteroatoms. The van der Waals surface area contributed by atoms with Crippen LogP contribution in [0.15, 0.2) is 42.5 Å². The zero-order valence-electron chi connectivity index (χ0n) is 16.9. The normalized spacial score (nSPS) is 17.8. The van der Waals surface area contributed by atoms with Gasteiger partial charge in [-0.05, 0) is 47.7 Å². The maximum atomic E-state index is 12.7. The highest BCUT2D eigenvalue weighted by Gasteiger charge is 2.39. The van der Waals surface area contributed by atoms with Crippen molar-refractivity contribution in [1.29, 1.82) is 5.26 Å². The topological polar surface area (TPSA) is 107 Å². The Morgan fingerprint density at radius 1 is 1.10 bits per heavy atom. The van der Waals surface area contributed by atoms with Gasteiger partial charge in [0, 0.05) is 31.4 Å². The molecule has 0 radical (unpaired) electrons. The molecule has 31 heavy (non-hydrogen) atoms. The Bertz CT molecular complexity index is 1110. The van der Waals surface area contributed by atoms with Crippen LogP contribution in [0.1, 0.15) is 51.9 Å². The van der Waals surface area contributed by atoms with Gasteiger partial charge in [0.25, 0.3) is 5.91 Å². The minimum atomic E-state index is -0.630. The lowest BCUT2D eigenvalue weighted by molar-refractivity contribution is -0.137. The van der Waals surface area contributed by atoms with Gasteiger partial charge in [0.15, 0.2) is 0 Å². The molecule has 2 aliphatic heterocycles. The fraction of sp³-hybridized carbons (Fsp3) is 0.292. The summed E-state index contributed by atoms with van der Waals surface area (Å²) in [7, 11) is 0. The van der Waals surface area contributed by atoms with E-state index in [9.17, 15) is 19.2 Å². The lowest BCUT2D eigenvalue weighted by Crippen LogP contribution is -2.52. The molecule has 2 heterocycles. The average molecular weight is 415 g/mol. The van der Waals surface area contributed by atoms with E-state index in [1.54, 1.807) is 30.3 Å². The summed E-state index contributed by atoms with van der Waals surface area (Å²) in [6, 6.07) is 13.9. The minimum absolute atomic E-state index is 0.103. The molecular formula is C24H21N3O4. The number of nitriles is 1. The van der Waals surface area contributed by atoms with Crippen LogP contribution in [0.5, 0.6) is 0 Å². The van der Waals surface area contributed by atoms with Crippen molar-refractivity contribution >= 4 is 23.5 Å². The Hall–Kier alpha value is -3.79. The lowest BCUT2D eigenvalue weighted by atomic mass is 9.99. The highest BCUT2D eigenvalue weighted by Crippen LogP contribution is 2.28. The fourth-order valence-corrected chi connectivity index (χ4v) is 4.08. The number of nitrogens with one attached hydrogen (secondary N) is 1. The van der Waals surface area contributed by atoms with Crippen molar-refractivity contribution in [2.75, 3.05) is 0 Å². The van der Waals surface area contributed by atoms with Gasteiger partial charge in [0.05, 0.1) is 11.6 Å². The number of fused-ring (bicyclic) bond motifs is 1. The van der Waals surface area contributed by atoms with Crippen LogP contribution in [0, 0.1) is 11.3 Å². The molecule has 7 nitrogen and oxygen atoms in total. The van der Waals surface area contributed by atoms with Crippen LogP contribution in [-0.2, 0) is 33.8 Å². The van der Waals surface area contributed by atoms with E-state index in [0.29, 0.717) is 43.4 Å². The van der Waals surface area contributed by atoms with Crippen LogP contribution >= 0.6 is 0 Å². The number of hydrogen-bond acceptors (Lipinski definition) is 5. The third-order valence-electron chi connectivity index (χ3n) is 5.76. The second kappa shape index (κ2) is 8.52. The number of benzene rings is 2. The smallest absolute Gasteiger partial charge is 0.255 e. The molecule has 0 aromatic heterocycles. The van der Waals surface area contributed by atoms with Crippen LogP contribution in [0.4, 0.5) is 0 Å². The number of carbonyl (C=O) groups is 4. The van der Waals surface area contributed by atoms with E-state index >= 15 is 0 Å². The first-order valence-corrected chi connectivity index (χ1v) is 10.2. The number of imide groups is 1. The van der Waals surface area contributed by atoms with E-state index in [2.05, 4.69) is 11.4 Å². The Kier molecular flexibility index (Phi) is 5.63. The lowest BCUT2D eigenvalue weighted by Gasteiger charge is -2.29.